The number of hydrogen-bond acceptors (Lipinski definition) is 3. The number of nitrogens with two attached hydrogens (primary N) is 2. The predicted octanol–water partition coefficient (Wildman–Crippen LogP) is 1.62. The van der Waals surface area contributed by atoms with Gasteiger partial charge in [-0.15, -0.1) is 0 Å². The van der Waals surface area contributed by atoms with Crippen molar-refractivity contribution < 1.29 is 13.2 Å². The highest BCUT2D eigenvalue weighted by Crippen LogP contribution is 2.29. The van der Waals surface area contributed by atoms with E-state index in [0.717, 1.165) is 0 Å². The average Bonchev–Trinajstić information content (AvgIpc) is 2.01. The second-order valence-electron chi connectivity index (χ2n) is 2.90. The van der Waals surface area contributed by atoms with Crippen molar-refractivity contribution in [3.63, 3.8) is 0 Å². The lowest BCUT2D eigenvalue weighted by Crippen LogP contribution is -2.21. The minimum absolute atomic E-state index is 0.0456. The Labute approximate surface area is 78.9 Å². The molecule has 1 heterocycles. The van der Waals surface area contributed by atoms with Crippen LogP contribution < -0.4 is 11.5 Å². The van der Waals surface area contributed by atoms with Gasteiger partial charge in [-0.2, -0.15) is 13.2 Å². The second-order valence-corrected chi connectivity index (χ2v) is 2.90. The fourth-order valence-corrected chi connectivity index (χ4v) is 1.10. The van der Waals surface area contributed by atoms with E-state index < -0.39 is 18.6 Å². The van der Waals surface area contributed by atoms with Gasteiger partial charge in [-0.05, 0) is 6.07 Å². The van der Waals surface area contributed by atoms with Crippen molar-refractivity contribution in [2.45, 2.75) is 18.6 Å². The van der Waals surface area contributed by atoms with Crippen LogP contribution in [0.5, 0.6) is 0 Å². The summed E-state index contributed by atoms with van der Waals surface area (Å²) in [5.41, 5.74) is 11.0. The van der Waals surface area contributed by atoms with Crippen LogP contribution in [0.3, 0.4) is 0 Å². The summed E-state index contributed by atoms with van der Waals surface area (Å²) in [6, 6.07) is 1.80. The molecule has 0 aliphatic heterocycles. The average molecular weight is 205 g/mol. The molecular formula is C8H10F3N3. The molecule has 0 radical (unpaired) electrons. The molecule has 3 nitrogen and oxygen atoms in total. The molecule has 0 amide bonds. The molecule has 0 aliphatic carbocycles. The molecule has 14 heavy (non-hydrogen) atoms. The molecule has 0 saturated heterocycles. The van der Waals surface area contributed by atoms with Crippen LogP contribution in [0.15, 0.2) is 18.3 Å². The summed E-state index contributed by atoms with van der Waals surface area (Å²) in [5.74, 6) is 0.0456. The molecule has 0 spiro atoms. The Morgan fingerprint density at radius 3 is 2.57 bits per heavy atom. The van der Waals surface area contributed by atoms with Crippen molar-refractivity contribution in [2.75, 3.05) is 5.73 Å². The van der Waals surface area contributed by atoms with Gasteiger partial charge in [0.15, 0.2) is 0 Å². The second kappa shape index (κ2) is 3.83. The highest BCUT2D eigenvalue weighted by atomic mass is 19.4. The molecule has 0 saturated carbocycles. The molecule has 0 aliphatic rings. The Hall–Kier alpha value is -1.30. The lowest BCUT2D eigenvalue weighted by Gasteiger charge is -2.15. The monoisotopic (exact) mass is 205 g/mol. The molecule has 6 heteroatoms. The fourth-order valence-electron chi connectivity index (χ4n) is 1.10. The molecular weight excluding hydrogens is 195 g/mol. The topological polar surface area (TPSA) is 64.9 Å². The van der Waals surface area contributed by atoms with E-state index in [1.807, 2.05) is 0 Å². The zero-order valence-corrected chi connectivity index (χ0v) is 7.25. The minimum Gasteiger partial charge on any atom is -0.383 e. The van der Waals surface area contributed by atoms with Crippen LogP contribution in [0.2, 0.25) is 0 Å². The molecule has 1 aromatic heterocycles. The number of halogens is 3. The number of nitrogen functional groups attached to an aromatic ring is 1. The van der Waals surface area contributed by atoms with Gasteiger partial charge in [0, 0.05) is 17.8 Å². The summed E-state index contributed by atoms with van der Waals surface area (Å²) >= 11 is 0. The summed E-state index contributed by atoms with van der Waals surface area (Å²) < 4.78 is 35.9. The first-order valence-electron chi connectivity index (χ1n) is 3.93. The Morgan fingerprint density at radius 1 is 1.43 bits per heavy atom. The summed E-state index contributed by atoms with van der Waals surface area (Å²) in [7, 11) is 0. The van der Waals surface area contributed by atoms with E-state index in [4.69, 9.17) is 11.5 Å². The normalized spacial score (nSPS) is 14.0. The highest BCUT2D eigenvalue weighted by molar-refractivity contribution is 5.40. The fraction of sp³-hybridized carbons (Fsp3) is 0.375. The van der Waals surface area contributed by atoms with E-state index in [0.29, 0.717) is 0 Å². The van der Waals surface area contributed by atoms with E-state index >= 15 is 0 Å². The lowest BCUT2D eigenvalue weighted by molar-refractivity contribution is -0.138. The number of pyridine rings is 1. The number of nitrogens with zero attached hydrogens (tertiary/aromatic N) is 1. The first-order chi connectivity index (χ1) is 6.40. The van der Waals surface area contributed by atoms with Gasteiger partial charge < -0.3 is 11.5 Å². The van der Waals surface area contributed by atoms with Gasteiger partial charge in [0.2, 0.25) is 0 Å². The van der Waals surface area contributed by atoms with Crippen LogP contribution in [0.25, 0.3) is 0 Å². The van der Waals surface area contributed by atoms with Gasteiger partial charge in [-0.3, -0.25) is 0 Å². The van der Waals surface area contributed by atoms with E-state index in [1.165, 1.54) is 18.3 Å². The standard InChI is InChI=1S/C8H10F3N3/c9-8(10,11)4-6(12)5-2-1-3-14-7(5)13/h1-3,6H,4,12H2,(H2,13,14)/t6-/m1/s1. The zero-order valence-electron chi connectivity index (χ0n) is 7.25. The predicted molar refractivity (Wildman–Crippen MR) is 46.2 cm³/mol. The molecule has 78 valence electrons. The van der Waals surface area contributed by atoms with Crippen molar-refractivity contribution in [1.29, 1.82) is 0 Å². The number of aromatic nitrogens is 1. The molecule has 4 N–H and O–H groups in total. The Morgan fingerprint density at radius 2 is 2.07 bits per heavy atom. The first-order valence-corrected chi connectivity index (χ1v) is 3.93. The minimum atomic E-state index is -4.29. The Kier molecular flexibility index (Phi) is 2.95. The summed E-state index contributed by atoms with van der Waals surface area (Å²) in [5, 5.41) is 0. The van der Waals surface area contributed by atoms with E-state index in [-0.39, 0.29) is 11.4 Å². The number of alkyl halides is 3. The van der Waals surface area contributed by atoms with Crippen LogP contribution in [0, 0.1) is 0 Å². The van der Waals surface area contributed by atoms with Crippen LogP contribution in [-0.4, -0.2) is 11.2 Å². The zero-order chi connectivity index (χ0) is 10.8. The van der Waals surface area contributed by atoms with Gasteiger partial charge in [0.25, 0.3) is 0 Å². The maximum atomic E-state index is 12.0. The third-order valence-corrected chi connectivity index (χ3v) is 1.72. The SMILES string of the molecule is Nc1ncccc1[C@H](N)CC(F)(F)F. The van der Waals surface area contributed by atoms with Crippen molar-refractivity contribution in [3.05, 3.63) is 23.9 Å². The number of hydrogen-bond donors (Lipinski definition) is 2. The van der Waals surface area contributed by atoms with Crippen LogP contribution >= 0.6 is 0 Å². The largest absolute Gasteiger partial charge is 0.390 e. The highest BCUT2D eigenvalue weighted by Gasteiger charge is 2.31. The summed E-state index contributed by atoms with van der Waals surface area (Å²) in [4.78, 5) is 3.66. The van der Waals surface area contributed by atoms with E-state index in [1.54, 1.807) is 0 Å². The molecule has 0 aromatic carbocycles. The van der Waals surface area contributed by atoms with E-state index in [2.05, 4.69) is 4.98 Å². The molecule has 0 bridgehead atoms. The summed E-state index contributed by atoms with van der Waals surface area (Å²) in [6.45, 7) is 0. The van der Waals surface area contributed by atoms with Crippen molar-refractivity contribution >= 4 is 5.82 Å². The van der Waals surface area contributed by atoms with Crippen molar-refractivity contribution in [2.24, 2.45) is 5.73 Å². The molecule has 1 aromatic rings. The van der Waals surface area contributed by atoms with Gasteiger partial charge in [-0.1, -0.05) is 6.07 Å². The quantitative estimate of drug-likeness (QED) is 0.770. The van der Waals surface area contributed by atoms with Gasteiger partial charge in [0.05, 0.1) is 6.42 Å². The van der Waals surface area contributed by atoms with Crippen LogP contribution in [0.1, 0.15) is 18.0 Å². The number of rotatable bonds is 2. The van der Waals surface area contributed by atoms with Gasteiger partial charge in [-0.25, -0.2) is 4.98 Å². The van der Waals surface area contributed by atoms with Gasteiger partial charge in [0.1, 0.15) is 5.82 Å². The molecule has 0 fully saturated rings. The third-order valence-electron chi connectivity index (χ3n) is 1.72. The first kappa shape index (κ1) is 10.8. The smallest absolute Gasteiger partial charge is 0.383 e. The maximum Gasteiger partial charge on any atom is 0.390 e. The molecule has 1 atom stereocenters. The van der Waals surface area contributed by atoms with Gasteiger partial charge >= 0.3 is 6.18 Å². The van der Waals surface area contributed by atoms with E-state index in [9.17, 15) is 13.2 Å². The number of anilines is 1. The Bertz CT molecular complexity index is 311. The molecule has 1 rings (SSSR count). The Balaban J connectivity index is 2.80. The molecule has 0 unspecified atom stereocenters. The van der Waals surface area contributed by atoms with Crippen molar-refractivity contribution in [3.8, 4) is 0 Å². The summed E-state index contributed by atoms with van der Waals surface area (Å²) in [6.07, 6.45) is -3.98. The van der Waals surface area contributed by atoms with Crippen LogP contribution in [-0.2, 0) is 0 Å². The third kappa shape index (κ3) is 2.88. The maximum absolute atomic E-state index is 12.0. The lowest BCUT2D eigenvalue weighted by atomic mass is 10.1. The van der Waals surface area contributed by atoms with Crippen molar-refractivity contribution in [1.82, 2.24) is 4.98 Å². The van der Waals surface area contributed by atoms with Crippen LogP contribution in [0.4, 0.5) is 19.0 Å².